The Hall–Kier alpha value is -1.60. The molecule has 122 valence electrons. The van der Waals surface area contributed by atoms with Crippen LogP contribution in [0, 0.1) is 0 Å². The number of thiazole rings is 1. The second-order valence-corrected chi connectivity index (χ2v) is 7.12. The third-order valence-corrected chi connectivity index (χ3v) is 5.63. The van der Waals surface area contributed by atoms with Crippen molar-refractivity contribution in [3.05, 3.63) is 32.7 Å². The number of nitrogens with zero attached hydrogens (tertiary/aromatic N) is 1. The summed E-state index contributed by atoms with van der Waals surface area (Å²) in [5.74, 6) is 0.876. The summed E-state index contributed by atoms with van der Waals surface area (Å²) in [6, 6.07) is 3.35. The first kappa shape index (κ1) is 16.3. The van der Waals surface area contributed by atoms with E-state index in [9.17, 15) is 4.79 Å². The molecule has 1 aliphatic rings. The molecule has 0 saturated heterocycles. The predicted octanol–water partition coefficient (Wildman–Crippen LogP) is 4.05. The lowest BCUT2D eigenvalue weighted by Crippen LogP contribution is -2.12. The van der Waals surface area contributed by atoms with Gasteiger partial charge in [-0.1, -0.05) is 0 Å². The number of hydrogen-bond acceptors (Lipinski definition) is 5. The van der Waals surface area contributed by atoms with Crippen molar-refractivity contribution in [3.8, 4) is 11.5 Å². The minimum atomic E-state index is -0.222. The molecule has 0 radical (unpaired) electrons. The highest BCUT2D eigenvalue weighted by Gasteiger charge is 2.19. The summed E-state index contributed by atoms with van der Waals surface area (Å²) < 4.78 is 11.2. The van der Waals surface area contributed by atoms with Crippen LogP contribution in [0.4, 0.5) is 5.13 Å². The number of ether oxygens (including phenoxy) is 2. The quantitative estimate of drug-likeness (QED) is 0.846. The summed E-state index contributed by atoms with van der Waals surface area (Å²) in [5, 5.41) is 3.53. The smallest absolute Gasteiger partial charge is 0.257 e. The molecule has 1 amide bonds. The summed E-state index contributed by atoms with van der Waals surface area (Å²) in [5.41, 5.74) is 1.59. The van der Waals surface area contributed by atoms with Gasteiger partial charge in [-0.05, 0) is 53.7 Å². The molecule has 0 atom stereocenters. The van der Waals surface area contributed by atoms with Crippen molar-refractivity contribution in [1.29, 1.82) is 0 Å². The first-order chi connectivity index (χ1) is 11.1. The summed E-state index contributed by atoms with van der Waals surface area (Å²) in [6.45, 7) is 0. The van der Waals surface area contributed by atoms with Crippen molar-refractivity contribution in [3.63, 3.8) is 0 Å². The van der Waals surface area contributed by atoms with E-state index in [0.717, 1.165) is 18.5 Å². The normalized spacial score (nSPS) is 13.3. The fraction of sp³-hybridized carbons (Fsp3) is 0.375. The second kappa shape index (κ2) is 6.88. The molecule has 1 aromatic carbocycles. The van der Waals surface area contributed by atoms with Gasteiger partial charge in [0.15, 0.2) is 5.13 Å². The number of fused-ring (bicyclic) bond motifs is 1. The highest BCUT2D eigenvalue weighted by atomic mass is 79.9. The van der Waals surface area contributed by atoms with E-state index in [1.54, 1.807) is 37.7 Å². The van der Waals surface area contributed by atoms with Crippen molar-refractivity contribution in [2.24, 2.45) is 0 Å². The van der Waals surface area contributed by atoms with E-state index in [-0.39, 0.29) is 5.91 Å². The Morgan fingerprint density at radius 1 is 1.22 bits per heavy atom. The zero-order valence-corrected chi connectivity index (χ0v) is 15.3. The molecule has 0 saturated carbocycles. The predicted molar refractivity (Wildman–Crippen MR) is 94.0 cm³/mol. The molecule has 0 bridgehead atoms. The average molecular weight is 397 g/mol. The van der Waals surface area contributed by atoms with Crippen molar-refractivity contribution in [2.75, 3.05) is 19.5 Å². The topological polar surface area (TPSA) is 60.5 Å². The molecular weight excluding hydrogens is 380 g/mol. The number of carbonyl (C=O) groups excluding carboxylic acids is 1. The maximum Gasteiger partial charge on any atom is 0.257 e. The first-order valence-corrected chi connectivity index (χ1v) is 8.94. The molecule has 1 aliphatic carbocycles. The zero-order chi connectivity index (χ0) is 16.4. The number of hydrogen-bond donors (Lipinski definition) is 1. The van der Waals surface area contributed by atoms with Crippen LogP contribution in [0.1, 0.15) is 33.8 Å². The van der Waals surface area contributed by atoms with Gasteiger partial charge in [0.25, 0.3) is 5.91 Å². The number of carbonyl (C=O) groups is 1. The van der Waals surface area contributed by atoms with Crippen LogP contribution in [-0.2, 0) is 12.8 Å². The summed E-state index contributed by atoms with van der Waals surface area (Å²) in [7, 11) is 3.10. The third-order valence-electron chi connectivity index (χ3n) is 3.77. The highest BCUT2D eigenvalue weighted by Crippen LogP contribution is 2.36. The molecule has 1 heterocycles. The molecular formula is C16H17BrN2O3S. The van der Waals surface area contributed by atoms with Crippen LogP contribution in [0.5, 0.6) is 11.5 Å². The minimum Gasteiger partial charge on any atom is -0.495 e. The number of anilines is 1. The molecule has 2 aromatic rings. The van der Waals surface area contributed by atoms with Crippen LogP contribution in [-0.4, -0.2) is 25.1 Å². The SMILES string of the molecule is COc1cc(C(=O)Nc2nc3c(s2)CCCC3)cc(OC)c1Br. The number of benzene rings is 1. The number of methoxy groups -OCH3 is 2. The molecule has 1 aromatic heterocycles. The van der Waals surface area contributed by atoms with Gasteiger partial charge in [-0.25, -0.2) is 4.98 Å². The van der Waals surface area contributed by atoms with E-state index in [0.29, 0.717) is 26.7 Å². The lowest BCUT2D eigenvalue weighted by Gasteiger charge is -2.11. The standard InChI is InChI=1S/C16H17BrN2O3S/c1-21-11-7-9(8-12(22-2)14(11)17)15(20)19-16-18-10-5-3-4-6-13(10)23-16/h7-8H,3-6H2,1-2H3,(H,18,19,20). The fourth-order valence-electron chi connectivity index (χ4n) is 2.58. The molecule has 0 aliphatic heterocycles. The maximum absolute atomic E-state index is 12.5. The largest absolute Gasteiger partial charge is 0.495 e. The van der Waals surface area contributed by atoms with E-state index < -0.39 is 0 Å². The second-order valence-electron chi connectivity index (χ2n) is 5.24. The summed E-state index contributed by atoms with van der Waals surface area (Å²) in [6.07, 6.45) is 4.43. The Kier molecular flexibility index (Phi) is 4.87. The fourth-order valence-corrected chi connectivity index (χ4v) is 4.17. The van der Waals surface area contributed by atoms with Gasteiger partial charge >= 0.3 is 0 Å². The maximum atomic E-state index is 12.5. The van der Waals surface area contributed by atoms with Crippen LogP contribution in [0.2, 0.25) is 0 Å². The lowest BCUT2D eigenvalue weighted by atomic mass is 10.0. The molecule has 23 heavy (non-hydrogen) atoms. The Bertz CT molecular complexity index is 696. The van der Waals surface area contributed by atoms with Gasteiger partial charge in [-0.15, -0.1) is 11.3 Å². The monoisotopic (exact) mass is 396 g/mol. The number of halogens is 1. The number of amides is 1. The third kappa shape index (κ3) is 3.35. The molecule has 7 heteroatoms. The van der Waals surface area contributed by atoms with Crippen molar-refractivity contribution >= 4 is 38.3 Å². The van der Waals surface area contributed by atoms with Gasteiger partial charge in [0.1, 0.15) is 16.0 Å². The van der Waals surface area contributed by atoms with E-state index >= 15 is 0 Å². The van der Waals surface area contributed by atoms with Gasteiger partial charge in [0, 0.05) is 10.4 Å². The van der Waals surface area contributed by atoms with E-state index in [1.807, 2.05) is 0 Å². The van der Waals surface area contributed by atoms with Gasteiger partial charge in [0.2, 0.25) is 0 Å². The Morgan fingerprint density at radius 3 is 2.48 bits per heavy atom. The Morgan fingerprint density at radius 2 is 1.87 bits per heavy atom. The van der Waals surface area contributed by atoms with Crippen molar-refractivity contribution < 1.29 is 14.3 Å². The Labute approximate surface area is 147 Å². The van der Waals surface area contributed by atoms with Crippen LogP contribution < -0.4 is 14.8 Å². The zero-order valence-electron chi connectivity index (χ0n) is 12.9. The highest BCUT2D eigenvalue weighted by molar-refractivity contribution is 9.10. The molecule has 0 fully saturated rings. The van der Waals surface area contributed by atoms with E-state index in [1.165, 1.54) is 17.7 Å². The van der Waals surface area contributed by atoms with Crippen molar-refractivity contribution in [2.45, 2.75) is 25.7 Å². The molecule has 1 N–H and O–H groups in total. The number of aromatic nitrogens is 1. The lowest BCUT2D eigenvalue weighted by molar-refractivity contribution is 0.102. The van der Waals surface area contributed by atoms with Gasteiger partial charge in [-0.2, -0.15) is 0 Å². The van der Waals surface area contributed by atoms with Gasteiger partial charge < -0.3 is 9.47 Å². The van der Waals surface area contributed by atoms with Crippen LogP contribution in [0.3, 0.4) is 0 Å². The summed E-state index contributed by atoms with van der Waals surface area (Å²) in [4.78, 5) is 18.3. The van der Waals surface area contributed by atoms with Crippen LogP contribution >= 0.6 is 27.3 Å². The average Bonchev–Trinajstić information content (AvgIpc) is 2.97. The molecule has 3 rings (SSSR count). The van der Waals surface area contributed by atoms with E-state index in [2.05, 4.69) is 26.2 Å². The number of aryl methyl sites for hydroxylation is 2. The molecule has 0 unspecified atom stereocenters. The summed E-state index contributed by atoms with van der Waals surface area (Å²) >= 11 is 4.96. The Balaban J connectivity index is 1.84. The van der Waals surface area contributed by atoms with Gasteiger partial charge in [0.05, 0.1) is 19.9 Å². The van der Waals surface area contributed by atoms with Crippen LogP contribution in [0.15, 0.2) is 16.6 Å². The number of nitrogens with one attached hydrogen (secondary N) is 1. The van der Waals surface area contributed by atoms with E-state index in [4.69, 9.17) is 9.47 Å². The molecule has 0 spiro atoms. The molecule has 5 nitrogen and oxygen atoms in total. The van der Waals surface area contributed by atoms with Gasteiger partial charge in [-0.3, -0.25) is 10.1 Å². The minimum absolute atomic E-state index is 0.222. The number of rotatable bonds is 4. The van der Waals surface area contributed by atoms with Crippen molar-refractivity contribution in [1.82, 2.24) is 4.98 Å². The van der Waals surface area contributed by atoms with Crippen LogP contribution in [0.25, 0.3) is 0 Å². The first-order valence-electron chi connectivity index (χ1n) is 7.34.